The van der Waals surface area contributed by atoms with Gasteiger partial charge in [-0.25, -0.2) is 0 Å². The van der Waals surface area contributed by atoms with Crippen LogP contribution in [-0.2, 0) is 0 Å². The summed E-state index contributed by atoms with van der Waals surface area (Å²) >= 11 is 5.28. The zero-order valence-corrected chi connectivity index (χ0v) is 12.5. The van der Waals surface area contributed by atoms with Gasteiger partial charge in [0, 0.05) is 43.9 Å². The highest BCUT2D eigenvalue weighted by molar-refractivity contribution is 7.80. The second kappa shape index (κ2) is 7.09. The lowest BCUT2D eigenvalue weighted by molar-refractivity contribution is -0.384. The summed E-state index contributed by atoms with van der Waals surface area (Å²) in [6.07, 6.45) is 0. The minimum absolute atomic E-state index is 0.0479. The van der Waals surface area contributed by atoms with Crippen LogP contribution in [0.2, 0.25) is 0 Å². The molecule has 7 nitrogen and oxygen atoms in total. The molecule has 0 saturated carbocycles. The maximum atomic E-state index is 10.8. The first-order chi connectivity index (χ1) is 10.1. The van der Waals surface area contributed by atoms with Crippen LogP contribution in [0.3, 0.4) is 0 Å². The molecule has 0 aromatic heterocycles. The summed E-state index contributed by atoms with van der Waals surface area (Å²) in [7, 11) is 0. The Labute approximate surface area is 128 Å². The normalized spacial score (nSPS) is 15.7. The fraction of sp³-hybridized carbons (Fsp3) is 0.385. The van der Waals surface area contributed by atoms with Crippen LogP contribution in [0.1, 0.15) is 12.5 Å². The third-order valence-electron chi connectivity index (χ3n) is 3.20. The number of benzene rings is 1. The van der Waals surface area contributed by atoms with E-state index in [4.69, 9.17) is 12.2 Å². The molecule has 2 N–H and O–H groups in total. The van der Waals surface area contributed by atoms with E-state index >= 15 is 0 Å². The molecule has 0 bridgehead atoms. The lowest BCUT2D eigenvalue weighted by atomic mass is 10.1. The van der Waals surface area contributed by atoms with Crippen LogP contribution in [0.4, 0.5) is 5.69 Å². The topological polar surface area (TPSA) is 82.8 Å². The van der Waals surface area contributed by atoms with Gasteiger partial charge in [0.05, 0.1) is 10.6 Å². The van der Waals surface area contributed by atoms with Crippen molar-refractivity contribution in [3.63, 3.8) is 0 Å². The first kappa shape index (κ1) is 15.3. The van der Waals surface area contributed by atoms with Gasteiger partial charge in [0.2, 0.25) is 0 Å². The Hall–Kier alpha value is -2.06. The van der Waals surface area contributed by atoms with Crippen molar-refractivity contribution in [3.05, 3.63) is 39.9 Å². The van der Waals surface area contributed by atoms with Gasteiger partial charge in [0.25, 0.3) is 5.69 Å². The van der Waals surface area contributed by atoms with Crippen molar-refractivity contribution < 1.29 is 4.92 Å². The van der Waals surface area contributed by atoms with Crippen LogP contribution < -0.4 is 10.7 Å². The average molecular weight is 307 g/mol. The molecule has 112 valence electrons. The highest BCUT2D eigenvalue weighted by atomic mass is 32.1. The predicted octanol–water partition coefficient (Wildman–Crippen LogP) is 1.10. The Morgan fingerprint density at radius 3 is 2.86 bits per heavy atom. The number of piperazine rings is 1. The number of rotatable bonds is 3. The summed E-state index contributed by atoms with van der Waals surface area (Å²) in [5, 5.41) is 18.8. The van der Waals surface area contributed by atoms with E-state index in [1.807, 2.05) is 4.90 Å². The quantitative estimate of drug-likeness (QED) is 0.376. The lowest BCUT2D eigenvalue weighted by Crippen LogP contribution is -2.49. The number of nitrogens with one attached hydrogen (secondary N) is 2. The van der Waals surface area contributed by atoms with Gasteiger partial charge in [-0.15, -0.1) is 0 Å². The largest absolute Gasteiger partial charge is 0.345 e. The van der Waals surface area contributed by atoms with Gasteiger partial charge in [0.1, 0.15) is 0 Å². The van der Waals surface area contributed by atoms with E-state index in [0.717, 1.165) is 26.2 Å². The SMILES string of the molecule is C/C(=N\NC(=S)N1CCNCC1)c1cccc([N+](=O)[O-])c1. The summed E-state index contributed by atoms with van der Waals surface area (Å²) < 4.78 is 0. The Bertz CT molecular complexity index is 569. The molecule has 1 aromatic rings. The van der Waals surface area contributed by atoms with E-state index in [0.29, 0.717) is 16.4 Å². The number of non-ortho nitro benzene ring substituents is 1. The van der Waals surface area contributed by atoms with Gasteiger partial charge in [-0.1, -0.05) is 12.1 Å². The second-order valence-electron chi connectivity index (χ2n) is 4.66. The molecule has 0 aliphatic carbocycles. The van der Waals surface area contributed by atoms with E-state index in [1.54, 1.807) is 19.1 Å². The molecule has 1 heterocycles. The summed E-state index contributed by atoms with van der Waals surface area (Å²) in [6, 6.07) is 6.37. The van der Waals surface area contributed by atoms with Crippen LogP contribution in [0, 0.1) is 10.1 Å². The fourth-order valence-electron chi connectivity index (χ4n) is 1.98. The molecule has 0 amide bonds. The zero-order valence-electron chi connectivity index (χ0n) is 11.7. The van der Waals surface area contributed by atoms with Gasteiger partial charge in [0.15, 0.2) is 5.11 Å². The van der Waals surface area contributed by atoms with Crippen molar-refractivity contribution >= 4 is 28.7 Å². The van der Waals surface area contributed by atoms with Crippen molar-refractivity contribution in [3.8, 4) is 0 Å². The Balaban J connectivity index is 2.01. The van der Waals surface area contributed by atoms with Crippen LogP contribution in [-0.4, -0.2) is 46.8 Å². The molecular weight excluding hydrogens is 290 g/mol. The monoisotopic (exact) mass is 307 g/mol. The van der Waals surface area contributed by atoms with E-state index in [1.165, 1.54) is 12.1 Å². The Morgan fingerprint density at radius 2 is 2.19 bits per heavy atom. The van der Waals surface area contributed by atoms with E-state index in [-0.39, 0.29) is 5.69 Å². The molecule has 0 atom stereocenters. The maximum Gasteiger partial charge on any atom is 0.270 e. The van der Waals surface area contributed by atoms with Crippen LogP contribution in [0.5, 0.6) is 0 Å². The number of hydrazone groups is 1. The van der Waals surface area contributed by atoms with E-state index in [9.17, 15) is 10.1 Å². The molecular formula is C13H17N5O2S. The number of hydrogen-bond donors (Lipinski definition) is 2. The summed E-state index contributed by atoms with van der Waals surface area (Å²) in [4.78, 5) is 12.4. The molecule has 0 radical (unpaired) electrons. The van der Waals surface area contributed by atoms with Gasteiger partial charge in [-0.3, -0.25) is 15.5 Å². The van der Waals surface area contributed by atoms with Crippen molar-refractivity contribution in [1.29, 1.82) is 0 Å². The second-order valence-corrected chi connectivity index (χ2v) is 5.05. The molecule has 0 spiro atoms. The van der Waals surface area contributed by atoms with Crippen molar-refractivity contribution in [2.75, 3.05) is 26.2 Å². The van der Waals surface area contributed by atoms with Gasteiger partial charge >= 0.3 is 0 Å². The van der Waals surface area contributed by atoms with Crippen molar-refractivity contribution in [2.24, 2.45) is 5.10 Å². The van der Waals surface area contributed by atoms with Crippen LogP contribution in [0.25, 0.3) is 0 Å². The minimum atomic E-state index is -0.421. The third-order valence-corrected chi connectivity index (χ3v) is 3.55. The average Bonchev–Trinajstić information content (AvgIpc) is 2.53. The molecule has 0 unspecified atom stereocenters. The lowest BCUT2D eigenvalue weighted by Gasteiger charge is -2.28. The van der Waals surface area contributed by atoms with Gasteiger partial charge in [-0.05, 0) is 19.1 Å². The van der Waals surface area contributed by atoms with Gasteiger partial charge < -0.3 is 10.2 Å². The zero-order chi connectivity index (χ0) is 15.2. The highest BCUT2D eigenvalue weighted by Crippen LogP contribution is 2.13. The van der Waals surface area contributed by atoms with Crippen molar-refractivity contribution in [1.82, 2.24) is 15.6 Å². The third kappa shape index (κ3) is 4.20. The number of thiocarbonyl (C=S) groups is 1. The number of nitro groups is 1. The predicted molar refractivity (Wildman–Crippen MR) is 85.5 cm³/mol. The first-order valence-corrected chi connectivity index (χ1v) is 7.03. The Morgan fingerprint density at radius 1 is 1.48 bits per heavy atom. The van der Waals surface area contributed by atoms with Gasteiger partial charge in [-0.2, -0.15) is 5.10 Å². The van der Waals surface area contributed by atoms with E-state index < -0.39 is 4.92 Å². The molecule has 1 aliphatic rings. The smallest absolute Gasteiger partial charge is 0.270 e. The van der Waals surface area contributed by atoms with E-state index in [2.05, 4.69) is 15.8 Å². The number of nitro benzene ring substituents is 1. The standard InChI is InChI=1S/C13H17N5O2S/c1-10(11-3-2-4-12(9-11)18(19)20)15-16-13(21)17-7-5-14-6-8-17/h2-4,9,14H,5-8H2,1H3,(H,16,21)/b15-10+. The Kier molecular flexibility index (Phi) is 5.18. The molecule has 1 aliphatic heterocycles. The summed E-state index contributed by atoms with van der Waals surface area (Å²) in [6.45, 7) is 5.27. The molecule has 1 aromatic carbocycles. The molecule has 1 saturated heterocycles. The van der Waals surface area contributed by atoms with Crippen molar-refractivity contribution in [2.45, 2.75) is 6.92 Å². The first-order valence-electron chi connectivity index (χ1n) is 6.62. The highest BCUT2D eigenvalue weighted by Gasteiger charge is 2.12. The summed E-state index contributed by atoms with van der Waals surface area (Å²) in [5.41, 5.74) is 4.24. The number of hydrogen-bond acceptors (Lipinski definition) is 5. The number of nitrogens with zero attached hydrogens (tertiary/aromatic N) is 3. The minimum Gasteiger partial charge on any atom is -0.345 e. The fourth-order valence-corrected chi connectivity index (χ4v) is 2.21. The maximum absolute atomic E-state index is 10.8. The molecule has 1 fully saturated rings. The molecule has 8 heteroatoms. The summed E-state index contributed by atoms with van der Waals surface area (Å²) in [5.74, 6) is 0. The van der Waals surface area contributed by atoms with Crippen LogP contribution >= 0.6 is 12.2 Å². The van der Waals surface area contributed by atoms with Crippen LogP contribution in [0.15, 0.2) is 29.4 Å². The molecule has 2 rings (SSSR count). The molecule has 21 heavy (non-hydrogen) atoms.